The molecule has 1 aliphatic carbocycles. The first kappa shape index (κ1) is 33.5. The quantitative estimate of drug-likeness (QED) is 0.197. The Morgan fingerprint density at radius 1 is 0.964 bits per heavy atom. The number of carbonyl (C=O) groups is 1. The molecule has 0 radical (unpaired) electrons. The highest BCUT2D eigenvalue weighted by Crippen LogP contribution is 2.51. The van der Waals surface area contributed by atoms with Gasteiger partial charge in [-0.2, -0.15) is 10.2 Å². The number of halogens is 2. The number of nitrogens with one attached hydrogen (secondary N) is 1. The van der Waals surface area contributed by atoms with E-state index in [1.54, 1.807) is 66.9 Å². The molecule has 2 saturated heterocycles. The second kappa shape index (κ2) is 11.8. The van der Waals surface area contributed by atoms with Crippen LogP contribution in [-0.2, 0) is 18.2 Å². The van der Waals surface area contributed by atoms with Crippen LogP contribution in [0.2, 0.25) is 0 Å². The van der Waals surface area contributed by atoms with Crippen molar-refractivity contribution in [3.8, 4) is 17.2 Å². The van der Waals surface area contributed by atoms with E-state index in [1.165, 1.54) is 20.9 Å². The molecule has 1 saturated carbocycles. The molecule has 4 aromatic heterocycles. The van der Waals surface area contributed by atoms with Crippen molar-refractivity contribution < 1.29 is 18.3 Å². The summed E-state index contributed by atoms with van der Waals surface area (Å²) in [5.74, 6) is -0.0780. The van der Waals surface area contributed by atoms with E-state index < -0.39 is 11.5 Å². The number of rotatable bonds is 5. The maximum absolute atomic E-state index is 16.0. The van der Waals surface area contributed by atoms with Crippen molar-refractivity contribution in [1.82, 2.24) is 38.6 Å². The number of fused-ring (bicyclic) bond motifs is 6. The minimum absolute atomic E-state index is 0.0721. The number of hydrogen-bond donors (Lipinski definition) is 1. The Balaban J connectivity index is 1.01. The van der Waals surface area contributed by atoms with Gasteiger partial charge in [0, 0.05) is 55.0 Å². The molecule has 1 spiro atoms. The molecule has 11 nitrogen and oxygen atoms in total. The van der Waals surface area contributed by atoms with Gasteiger partial charge in [-0.25, -0.2) is 18.3 Å². The fraction of sp³-hybridized carbons (Fsp3) is 0.349. The number of amides is 1. The molecule has 13 heteroatoms. The van der Waals surface area contributed by atoms with Crippen molar-refractivity contribution in [2.24, 2.45) is 7.05 Å². The molecule has 7 heterocycles. The number of hydrogen-bond acceptors (Lipinski definition) is 5. The van der Waals surface area contributed by atoms with Crippen molar-refractivity contribution in [2.45, 2.75) is 82.4 Å². The van der Waals surface area contributed by atoms with Gasteiger partial charge in [-0.05, 0) is 117 Å². The molecule has 2 bridgehead atoms. The van der Waals surface area contributed by atoms with Crippen molar-refractivity contribution in [3.63, 3.8) is 0 Å². The predicted molar refractivity (Wildman–Crippen MR) is 206 cm³/mol. The molecular formula is C43H40F2N8O3. The molecule has 1 N–H and O–H groups in total. The fourth-order valence-corrected chi connectivity index (χ4v) is 9.86. The molecule has 284 valence electrons. The summed E-state index contributed by atoms with van der Waals surface area (Å²) in [6, 6.07) is 14.7. The summed E-state index contributed by atoms with van der Waals surface area (Å²) in [4.78, 5) is 34.5. The molecule has 3 fully saturated rings. The lowest BCUT2D eigenvalue weighted by Crippen LogP contribution is -2.42. The first-order valence-corrected chi connectivity index (χ1v) is 19.5. The van der Waals surface area contributed by atoms with Gasteiger partial charge < -0.3 is 14.6 Å². The van der Waals surface area contributed by atoms with Crippen molar-refractivity contribution in [2.75, 3.05) is 6.61 Å². The number of benzene rings is 3. The average molecular weight is 755 g/mol. The predicted octanol–water partition coefficient (Wildman–Crippen LogP) is 7.41. The number of ether oxygens (including phenoxy) is 1. The maximum Gasteiger partial charge on any atom is 0.338 e. The number of H-pyrrole nitrogens is 1. The van der Waals surface area contributed by atoms with Gasteiger partial charge in [0.2, 0.25) is 0 Å². The van der Waals surface area contributed by atoms with Gasteiger partial charge in [-0.15, -0.1) is 0 Å². The van der Waals surface area contributed by atoms with Crippen LogP contribution in [0.1, 0.15) is 88.9 Å². The lowest BCUT2D eigenvalue weighted by molar-refractivity contribution is -0.0132. The van der Waals surface area contributed by atoms with Gasteiger partial charge in [-0.1, -0.05) is 6.07 Å². The highest BCUT2D eigenvalue weighted by atomic mass is 19.1. The molecule has 3 atom stereocenters. The summed E-state index contributed by atoms with van der Waals surface area (Å²) in [6.45, 7) is 4.19. The number of carbonyl (C=O) groups excluding carboxylic acids is 1. The summed E-state index contributed by atoms with van der Waals surface area (Å²) in [5.41, 5.74) is 6.01. The summed E-state index contributed by atoms with van der Waals surface area (Å²) in [7, 11) is 1.74. The summed E-state index contributed by atoms with van der Waals surface area (Å²) >= 11 is 0. The van der Waals surface area contributed by atoms with E-state index >= 15 is 4.39 Å². The molecule has 4 aliphatic rings. The Bertz CT molecular complexity index is 2830. The average Bonchev–Trinajstić information content (AvgIpc) is 3.68. The van der Waals surface area contributed by atoms with E-state index in [1.807, 2.05) is 11.0 Å². The first-order chi connectivity index (χ1) is 27.1. The fourth-order valence-electron chi connectivity index (χ4n) is 9.86. The number of aromatic amines is 1. The zero-order chi connectivity index (χ0) is 38.2. The molecule has 3 aromatic carbocycles. The topological polar surface area (TPSA) is 108 Å². The summed E-state index contributed by atoms with van der Waals surface area (Å²) in [5, 5.41) is 10.6. The van der Waals surface area contributed by atoms with Gasteiger partial charge >= 0.3 is 5.69 Å². The van der Waals surface area contributed by atoms with E-state index in [0.29, 0.717) is 58.0 Å². The second-order valence-corrected chi connectivity index (χ2v) is 16.3. The Labute approximate surface area is 320 Å². The smallest absolute Gasteiger partial charge is 0.338 e. The van der Waals surface area contributed by atoms with Crippen molar-refractivity contribution >= 4 is 27.7 Å². The summed E-state index contributed by atoms with van der Waals surface area (Å²) < 4.78 is 43.0. The first-order valence-electron chi connectivity index (χ1n) is 19.5. The maximum atomic E-state index is 16.0. The number of aromatic nitrogens is 7. The van der Waals surface area contributed by atoms with Crippen LogP contribution in [-0.4, -0.2) is 62.7 Å². The van der Waals surface area contributed by atoms with Gasteiger partial charge in [0.1, 0.15) is 17.3 Å². The molecular weight excluding hydrogens is 715 g/mol. The van der Waals surface area contributed by atoms with Crippen LogP contribution >= 0.6 is 0 Å². The Morgan fingerprint density at radius 3 is 2.57 bits per heavy atom. The molecule has 11 rings (SSSR count). The zero-order valence-corrected chi connectivity index (χ0v) is 31.4. The number of aryl methyl sites for hydroxylation is 3. The summed E-state index contributed by atoms with van der Waals surface area (Å²) in [6.07, 6.45) is 10.9. The van der Waals surface area contributed by atoms with E-state index in [-0.39, 0.29) is 35.1 Å². The highest BCUT2D eigenvalue weighted by Gasteiger charge is 2.49. The van der Waals surface area contributed by atoms with E-state index in [9.17, 15) is 14.0 Å². The number of nitrogens with zero attached hydrogens (tertiary/aromatic N) is 7. The SMILES string of the molecule is Cc1cc(-n2nc3c(c2-n2ccn(-c4ccc5c(cnn5C)c4F)c2=O)[C@H]2CC[C@@H](C3)N2C(=O)c2cc3cc([C@H]4CCOC5(CC5)C4)ccc3[nH]2)cc(C)c1F. The van der Waals surface area contributed by atoms with Crippen LogP contribution in [0.15, 0.2) is 71.9 Å². The van der Waals surface area contributed by atoms with E-state index in [0.717, 1.165) is 60.9 Å². The largest absolute Gasteiger partial charge is 0.375 e. The van der Waals surface area contributed by atoms with E-state index in [2.05, 4.69) is 28.3 Å². The van der Waals surface area contributed by atoms with Gasteiger partial charge in [-0.3, -0.25) is 18.6 Å². The van der Waals surface area contributed by atoms with Crippen LogP contribution < -0.4 is 5.69 Å². The third kappa shape index (κ3) is 4.88. The van der Waals surface area contributed by atoms with Gasteiger partial charge in [0.15, 0.2) is 5.82 Å². The lowest BCUT2D eigenvalue weighted by Gasteiger charge is -2.34. The Kier molecular flexibility index (Phi) is 7.09. The van der Waals surface area contributed by atoms with E-state index in [4.69, 9.17) is 9.84 Å². The Hall–Kier alpha value is -5.82. The van der Waals surface area contributed by atoms with Crippen LogP contribution in [0, 0.1) is 25.5 Å². The van der Waals surface area contributed by atoms with Crippen LogP contribution in [0.3, 0.4) is 0 Å². The second-order valence-electron chi connectivity index (χ2n) is 16.3. The standard InChI is InChI=1S/C43H40F2N8O3/c1-23-16-29(17-24(2)38(23)44)53-40(51-14-13-50(42(51)55)36-9-8-34-30(39(36)45)22-46-49(34)3)37-32(48-53)20-28-5-7-35(37)52(28)41(54)33-19-27-18-25(4-6-31(27)47-33)26-10-15-56-43(21-26)11-12-43/h4,6,8-9,13-14,16-19,22,26,28,35,47H,5,7,10-12,15,20-21H2,1-3H3/t26-,28-,35+/m0/s1. The van der Waals surface area contributed by atoms with Gasteiger partial charge in [0.05, 0.1) is 45.8 Å². The minimum atomic E-state index is -0.559. The Morgan fingerprint density at radius 2 is 1.77 bits per heavy atom. The zero-order valence-electron chi connectivity index (χ0n) is 31.4. The van der Waals surface area contributed by atoms with Crippen LogP contribution in [0.4, 0.5) is 8.78 Å². The molecule has 3 aliphatic heterocycles. The van der Waals surface area contributed by atoms with Crippen LogP contribution in [0.5, 0.6) is 0 Å². The molecule has 56 heavy (non-hydrogen) atoms. The van der Waals surface area contributed by atoms with Crippen molar-refractivity contribution in [3.05, 3.63) is 123 Å². The molecule has 0 unspecified atom stereocenters. The number of imidazole rings is 1. The molecule has 7 aromatic rings. The monoisotopic (exact) mass is 754 g/mol. The third-order valence-corrected chi connectivity index (χ3v) is 12.9. The minimum Gasteiger partial charge on any atom is -0.375 e. The highest BCUT2D eigenvalue weighted by molar-refractivity contribution is 5.99. The van der Waals surface area contributed by atoms with Crippen molar-refractivity contribution in [1.29, 1.82) is 0 Å². The normalized spacial score (nSPS) is 21.1. The third-order valence-electron chi connectivity index (χ3n) is 12.9. The molecule has 1 amide bonds. The lowest BCUT2D eigenvalue weighted by atomic mass is 9.87. The van der Waals surface area contributed by atoms with Gasteiger partial charge in [0.25, 0.3) is 5.91 Å². The van der Waals surface area contributed by atoms with Crippen LogP contribution in [0.25, 0.3) is 39.0 Å².